The SMILES string of the molecule is O=C(CC(NC(=O)c1ccc(N2CCCCC2=O)cc1)C(=O)N1CCCC1)Nc1ccc(Cl)cn1. The van der Waals surface area contributed by atoms with Crippen LogP contribution in [0.2, 0.25) is 5.02 Å². The Hall–Kier alpha value is -3.46. The lowest BCUT2D eigenvalue weighted by Crippen LogP contribution is -2.49. The van der Waals surface area contributed by atoms with E-state index in [9.17, 15) is 19.2 Å². The molecule has 2 saturated heterocycles. The molecule has 2 fully saturated rings. The number of rotatable bonds is 7. The van der Waals surface area contributed by atoms with Gasteiger partial charge in [0.05, 0.1) is 11.4 Å². The highest BCUT2D eigenvalue weighted by Gasteiger charge is 2.30. The molecule has 184 valence electrons. The van der Waals surface area contributed by atoms with Crippen molar-refractivity contribution in [3.05, 3.63) is 53.2 Å². The fraction of sp³-hybridized carbons (Fsp3) is 0.400. The Morgan fingerprint density at radius 1 is 0.971 bits per heavy atom. The van der Waals surface area contributed by atoms with Crippen LogP contribution in [0.25, 0.3) is 0 Å². The number of anilines is 2. The fourth-order valence-electron chi connectivity index (χ4n) is 4.30. The summed E-state index contributed by atoms with van der Waals surface area (Å²) in [5.74, 6) is -0.814. The van der Waals surface area contributed by atoms with E-state index in [-0.39, 0.29) is 18.2 Å². The summed E-state index contributed by atoms with van der Waals surface area (Å²) in [6, 6.07) is 8.85. The van der Waals surface area contributed by atoms with Crippen molar-refractivity contribution >= 4 is 46.7 Å². The average molecular weight is 498 g/mol. The smallest absolute Gasteiger partial charge is 0.251 e. The molecule has 0 bridgehead atoms. The van der Waals surface area contributed by atoms with E-state index in [2.05, 4.69) is 15.6 Å². The first-order valence-electron chi connectivity index (χ1n) is 11.8. The van der Waals surface area contributed by atoms with Crippen LogP contribution in [-0.4, -0.2) is 59.2 Å². The molecule has 0 saturated carbocycles. The molecule has 0 spiro atoms. The van der Waals surface area contributed by atoms with Gasteiger partial charge in [-0.15, -0.1) is 0 Å². The maximum atomic E-state index is 13.1. The number of piperidine rings is 1. The van der Waals surface area contributed by atoms with E-state index in [1.54, 1.807) is 46.2 Å². The molecule has 1 unspecified atom stereocenters. The third kappa shape index (κ3) is 6.36. The largest absolute Gasteiger partial charge is 0.341 e. The Kier molecular flexibility index (Phi) is 7.97. The molecule has 2 N–H and O–H groups in total. The van der Waals surface area contributed by atoms with Gasteiger partial charge in [-0.3, -0.25) is 19.2 Å². The molecule has 1 atom stereocenters. The Morgan fingerprint density at radius 2 is 1.69 bits per heavy atom. The zero-order valence-electron chi connectivity index (χ0n) is 19.3. The number of carbonyl (C=O) groups excluding carboxylic acids is 4. The van der Waals surface area contributed by atoms with E-state index in [1.807, 2.05) is 0 Å². The highest BCUT2D eigenvalue weighted by Crippen LogP contribution is 2.21. The summed E-state index contributed by atoms with van der Waals surface area (Å²) in [7, 11) is 0. The predicted octanol–water partition coefficient (Wildman–Crippen LogP) is 3.00. The second kappa shape index (κ2) is 11.3. The summed E-state index contributed by atoms with van der Waals surface area (Å²) in [4.78, 5) is 58.3. The fourth-order valence-corrected chi connectivity index (χ4v) is 4.41. The number of halogens is 1. The highest BCUT2D eigenvalue weighted by atomic mass is 35.5. The van der Waals surface area contributed by atoms with E-state index >= 15 is 0 Å². The molecule has 0 radical (unpaired) electrons. The lowest BCUT2D eigenvalue weighted by Gasteiger charge is -2.27. The van der Waals surface area contributed by atoms with Crippen molar-refractivity contribution in [3.8, 4) is 0 Å². The minimum absolute atomic E-state index is 0.0749. The van der Waals surface area contributed by atoms with Gasteiger partial charge in [0, 0.05) is 43.5 Å². The van der Waals surface area contributed by atoms with Crippen molar-refractivity contribution in [1.29, 1.82) is 0 Å². The van der Waals surface area contributed by atoms with Gasteiger partial charge in [0.25, 0.3) is 5.91 Å². The molecule has 4 amide bonds. The highest BCUT2D eigenvalue weighted by molar-refractivity contribution is 6.30. The summed E-state index contributed by atoms with van der Waals surface area (Å²) in [6.45, 7) is 1.86. The van der Waals surface area contributed by atoms with Gasteiger partial charge in [-0.25, -0.2) is 4.98 Å². The number of hydrogen-bond donors (Lipinski definition) is 2. The van der Waals surface area contributed by atoms with Crippen LogP contribution in [0.4, 0.5) is 11.5 Å². The third-order valence-corrected chi connectivity index (χ3v) is 6.39. The molecule has 2 aliphatic heterocycles. The van der Waals surface area contributed by atoms with Crippen molar-refractivity contribution < 1.29 is 19.2 Å². The summed E-state index contributed by atoms with van der Waals surface area (Å²) >= 11 is 5.83. The molecular formula is C25H28ClN5O4. The maximum absolute atomic E-state index is 13.1. The van der Waals surface area contributed by atoms with Crippen LogP contribution in [0.5, 0.6) is 0 Å². The number of carbonyl (C=O) groups is 4. The van der Waals surface area contributed by atoms with E-state index in [4.69, 9.17) is 11.6 Å². The molecule has 10 heteroatoms. The molecule has 2 aromatic rings. The van der Waals surface area contributed by atoms with Crippen LogP contribution >= 0.6 is 11.6 Å². The number of nitrogens with one attached hydrogen (secondary N) is 2. The zero-order valence-corrected chi connectivity index (χ0v) is 20.1. The van der Waals surface area contributed by atoms with Crippen LogP contribution < -0.4 is 15.5 Å². The van der Waals surface area contributed by atoms with Crippen LogP contribution in [0.3, 0.4) is 0 Å². The quantitative estimate of drug-likeness (QED) is 0.610. The van der Waals surface area contributed by atoms with Gasteiger partial charge in [-0.1, -0.05) is 11.6 Å². The molecule has 9 nitrogen and oxygen atoms in total. The molecule has 1 aromatic heterocycles. The third-order valence-electron chi connectivity index (χ3n) is 6.17. The number of likely N-dealkylation sites (tertiary alicyclic amines) is 1. The van der Waals surface area contributed by atoms with Gasteiger partial charge in [0.1, 0.15) is 11.9 Å². The molecule has 35 heavy (non-hydrogen) atoms. The number of aromatic nitrogens is 1. The Balaban J connectivity index is 1.44. The van der Waals surface area contributed by atoms with Gasteiger partial charge < -0.3 is 20.4 Å². The average Bonchev–Trinajstić information content (AvgIpc) is 3.40. The monoisotopic (exact) mass is 497 g/mol. The first-order chi connectivity index (χ1) is 16.9. The van der Waals surface area contributed by atoms with Gasteiger partial charge in [-0.2, -0.15) is 0 Å². The number of amides is 4. The normalized spacial score (nSPS) is 16.7. The topological polar surface area (TPSA) is 112 Å². The number of nitrogens with zero attached hydrogens (tertiary/aromatic N) is 3. The first-order valence-corrected chi connectivity index (χ1v) is 12.2. The van der Waals surface area contributed by atoms with Gasteiger partial charge in [-0.05, 0) is 62.1 Å². The Morgan fingerprint density at radius 3 is 2.34 bits per heavy atom. The Labute approximate surface area is 208 Å². The minimum Gasteiger partial charge on any atom is -0.341 e. The van der Waals surface area contributed by atoms with Crippen LogP contribution in [-0.2, 0) is 14.4 Å². The molecule has 2 aliphatic rings. The second-order valence-corrected chi connectivity index (χ2v) is 9.16. The number of benzene rings is 1. The van der Waals surface area contributed by atoms with Crippen molar-refractivity contribution in [2.24, 2.45) is 0 Å². The van der Waals surface area contributed by atoms with E-state index in [1.165, 1.54) is 6.20 Å². The van der Waals surface area contributed by atoms with Gasteiger partial charge in [0.2, 0.25) is 17.7 Å². The lowest BCUT2D eigenvalue weighted by atomic mass is 10.1. The Bertz CT molecular complexity index is 1080. The standard InChI is InChI=1S/C25H28ClN5O4/c26-18-8-11-21(27-16-18)29-22(32)15-20(25(35)30-12-3-4-13-30)28-24(34)17-6-9-19(10-7-17)31-14-2-1-5-23(31)33/h6-11,16,20H,1-5,12-15H2,(H,28,34)(H,27,29,32). The van der Waals surface area contributed by atoms with Crippen LogP contribution in [0.1, 0.15) is 48.9 Å². The first kappa shape index (κ1) is 24.7. The summed E-state index contributed by atoms with van der Waals surface area (Å²) in [5.41, 5.74) is 1.09. The summed E-state index contributed by atoms with van der Waals surface area (Å²) < 4.78 is 0. The van der Waals surface area contributed by atoms with E-state index in [0.29, 0.717) is 42.5 Å². The minimum atomic E-state index is -1.02. The molecule has 0 aliphatic carbocycles. The molecule has 3 heterocycles. The van der Waals surface area contributed by atoms with Crippen molar-refractivity contribution in [3.63, 3.8) is 0 Å². The van der Waals surface area contributed by atoms with Crippen LogP contribution in [0, 0.1) is 0 Å². The maximum Gasteiger partial charge on any atom is 0.251 e. The van der Waals surface area contributed by atoms with Crippen LogP contribution in [0.15, 0.2) is 42.6 Å². The second-order valence-electron chi connectivity index (χ2n) is 8.72. The molecule has 1 aromatic carbocycles. The van der Waals surface area contributed by atoms with E-state index < -0.39 is 17.9 Å². The van der Waals surface area contributed by atoms with Gasteiger partial charge in [0.15, 0.2) is 0 Å². The number of pyridine rings is 1. The van der Waals surface area contributed by atoms with E-state index in [0.717, 1.165) is 31.4 Å². The lowest BCUT2D eigenvalue weighted by molar-refractivity contribution is -0.134. The predicted molar refractivity (Wildman–Crippen MR) is 132 cm³/mol. The summed E-state index contributed by atoms with van der Waals surface area (Å²) in [5, 5.41) is 5.81. The molecule has 4 rings (SSSR count). The summed E-state index contributed by atoms with van der Waals surface area (Å²) in [6.07, 6.45) is 5.33. The molecular weight excluding hydrogens is 470 g/mol. The number of hydrogen-bond acceptors (Lipinski definition) is 5. The van der Waals surface area contributed by atoms with Crippen molar-refractivity contribution in [1.82, 2.24) is 15.2 Å². The van der Waals surface area contributed by atoms with Crippen molar-refractivity contribution in [2.45, 2.75) is 44.6 Å². The van der Waals surface area contributed by atoms with Crippen molar-refractivity contribution in [2.75, 3.05) is 29.9 Å². The zero-order chi connectivity index (χ0) is 24.8. The van der Waals surface area contributed by atoms with Gasteiger partial charge >= 0.3 is 0 Å².